The molecule has 0 saturated carbocycles. The highest BCUT2D eigenvalue weighted by molar-refractivity contribution is 6.31. The first kappa shape index (κ1) is 19.7. The molecule has 0 aliphatic rings. The Hall–Kier alpha value is -3.64. The average molecular weight is 421 g/mol. The molecule has 4 rings (SSSR count). The largest absolute Gasteiger partial charge is 0.491 e. The highest BCUT2D eigenvalue weighted by Gasteiger charge is 2.11. The van der Waals surface area contributed by atoms with Crippen molar-refractivity contribution >= 4 is 28.5 Å². The number of aromatic carboxylic acids is 1. The lowest BCUT2D eigenvalue weighted by molar-refractivity contribution is 0.0697. The number of carbonyl (C=O) groups is 1. The van der Waals surface area contributed by atoms with Crippen LogP contribution in [0.2, 0.25) is 5.02 Å². The van der Waals surface area contributed by atoms with E-state index < -0.39 is 5.97 Å². The zero-order chi connectivity index (χ0) is 21.1. The SMILES string of the molecule is O=C(O)c1cccc(-c2cc(Cl)ccc2OCCn2ccc3cccnc3c2=O)c1. The second kappa shape index (κ2) is 8.39. The van der Waals surface area contributed by atoms with Crippen LogP contribution in [0.5, 0.6) is 5.75 Å². The minimum absolute atomic E-state index is 0.175. The van der Waals surface area contributed by atoms with Crippen molar-refractivity contribution in [1.82, 2.24) is 9.55 Å². The molecule has 0 radical (unpaired) electrons. The maximum Gasteiger partial charge on any atom is 0.335 e. The third-order valence-corrected chi connectivity index (χ3v) is 4.92. The molecule has 2 aromatic heterocycles. The first-order chi connectivity index (χ1) is 14.5. The number of hydrogen-bond donors (Lipinski definition) is 1. The van der Waals surface area contributed by atoms with Crippen molar-refractivity contribution in [1.29, 1.82) is 0 Å². The number of pyridine rings is 2. The number of aromatic nitrogens is 2. The van der Waals surface area contributed by atoms with Gasteiger partial charge in [0, 0.05) is 28.4 Å². The number of rotatable bonds is 6. The van der Waals surface area contributed by atoms with Crippen LogP contribution in [0.15, 0.2) is 77.9 Å². The van der Waals surface area contributed by atoms with E-state index in [4.69, 9.17) is 16.3 Å². The summed E-state index contributed by atoms with van der Waals surface area (Å²) < 4.78 is 7.48. The van der Waals surface area contributed by atoms with Gasteiger partial charge in [-0.3, -0.25) is 9.78 Å². The molecular formula is C23H17ClN2O4. The molecule has 150 valence electrons. The van der Waals surface area contributed by atoms with Crippen LogP contribution in [0.3, 0.4) is 0 Å². The molecule has 0 aliphatic carbocycles. The van der Waals surface area contributed by atoms with Gasteiger partial charge in [-0.05, 0) is 48.0 Å². The van der Waals surface area contributed by atoms with Gasteiger partial charge in [-0.1, -0.05) is 29.8 Å². The number of benzene rings is 2. The summed E-state index contributed by atoms with van der Waals surface area (Å²) in [6.07, 6.45) is 3.31. The van der Waals surface area contributed by atoms with Crippen LogP contribution in [0.25, 0.3) is 22.0 Å². The molecule has 1 N–H and O–H groups in total. The number of ether oxygens (including phenoxy) is 1. The maximum absolute atomic E-state index is 12.6. The van der Waals surface area contributed by atoms with E-state index in [-0.39, 0.29) is 17.7 Å². The Labute approximate surface area is 177 Å². The predicted octanol–water partition coefficient (Wildman–Crippen LogP) is 4.49. The third kappa shape index (κ3) is 4.04. The summed E-state index contributed by atoms with van der Waals surface area (Å²) in [4.78, 5) is 28.0. The third-order valence-electron chi connectivity index (χ3n) is 4.69. The van der Waals surface area contributed by atoms with Crippen molar-refractivity contribution in [2.45, 2.75) is 6.54 Å². The van der Waals surface area contributed by atoms with Gasteiger partial charge in [0.1, 0.15) is 17.9 Å². The fourth-order valence-electron chi connectivity index (χ4n) is 3.21. The minimum Gasteiger partial charge on any atom is -0.491 e. The minimum atomic E-state index is -1.01. The Kier molecular flexibility index (Phi) is 5.50. The standard InChI is InChI=1S/C23H17ClN2O4/c24-18-6-7-20(19(14-18)16-3-1-4-17(13-16)23(28)29)30-12-11-26-10-8-15-5-2-9-25-21(15)22(26)27/h1-10,13-14H,11-12H2,(H,28,29). The molecule has 0 unspecified atom stereocenters. The summed E-state index contributed by atoms with van der Waals surface area (Å²) in [6.45, 7) is 0.577. The van der Waals surface area contributed by atoms with Gasteiger partial charge >= 0.3 is 5.97 Å². The zero-order valence-electron chi connectivity index (χ0n) is 15.8. The van der Waals surface area contributed by atoms with Crippen LogP contribution in [-0.2, 0) is 6.54 Å². The normalized spacial score (nSPS) is 10.8. The quantitative estimate of drug-likeness (QED) is 0.497. The second-order valence-electron chi connectivity index (χ2n) is 6.63. The summed E-state index contributed by atoms with van der Waals surface area (Å²) in [7, 11) is 0. The molecule has 0 atom stereocenters. The van der Waals surface area contributed by atoms with Crippen LogP contribution in [0.4, 0.5) is 0 Å². The highest BCUT2D eigenvalue weighted by atomic mass is 35.5. The molecule has 7 heteroatoms. The zero-order valence-corrected chi connectivity index (χ0v) is 16.5. The van der Waals surface area contributed by atoms with Gasteiger partial charge in [0.25, 0.3) is 5.56 Å². The van der Waals surface area contributed by atoms with E-state index in [1.54, 1.807) is 59.4 Å². The number of carboxylic acid groups (broad SMARTS) is 1. The molecule has 0 aliphatic heterocycles. The van der Waals surface area contributed by atoms with Crippen molar-refractivity contribution in [3.8, 4) is 16.9 Å². The van der Waals surface area contributed by atoms with Crippen molar-refractivity contribution < 1.29 is 14.6 Å². The van der Waals surface area contributed by atoms with Crippen molar-refractivity contribution in [2.75, 3.05) is 6.61 Å². The van der Waals surface area contributed by atoms with E-state index in [1.807, 2.05) is 12.1 Å². The Morgan fingerprint density at radius 2 is 1.97 bits per heavy atom. The Morgan fingerprint density at radius 1 is 1.10 bits per heavy atom. The lowest BCUT2D eigenvalue weighted by Gasteiger charge is -2.14. The van der Waals surface area contributed by atoms with E-state index in [0.29, 0.717) is 34.0 Å². The lowest BCUT2D eigenvalue weighted by atomic mass is 10.0. The fourth-order valence-corrected chi connectivity index (χ4v) is 3.38. The number of carboxylic acids is 1. The topological polar surface area (TPSA) is 81.4 Å². The first-order valence-electron chi connectivity index (χ1n) is 9.23. The van der Waals surface area contributed by atoms with Crippen molar-refractivity contribution in [2.24, 2.45) is 0 Å². The maximum atomic E-state index is 12.6. The van der Waals surface area contributed by atoms with E-state index in [9.17, 15) is 14.7 Å². The van der Waals surface area contributed by atoms with E-state index in [1.165, 1.54) is 6.07 Å². The molecular weight excluding hydrogens is 404 g/mol. The Bertz CT molecular complexity index is 1300. The smallest absolute Gasteiger partial charge is 0.335 e. The molecule has 2 heterocycles. The van der Waals surface area contributed by atoms with Crippen LogP contribution in [0.1, 0.15) is 10.4 Å². The molecule has 2 aromatic carbocycles. The molecule has 0 saturated heterocycles. The van der Waals surface area contributed by atoms with Gasteiger partial charge in [0.15, 0.2) is 0 Å². The van der Waals surface area contributed by atoms with E-state index in [0.717, 1.165) is 5.39 Å². The lowest BCUT2D eigenvalue weighted by Crippen LogP contribution is -2.23. The van der Waals surface area contributed by atoms with Gasteiger partial charge in [0.05, 0.1) is 12.1 Å². The first-order valence-corrected chi connectivity index (χ1v) is 9.61. The molecule has 4 aromatic rings. The van der Waals surface area contributed by atoms with Crippen LogP contribution in [-0.4, -0.2) is 27.2 Å². The number of hydrogen-bond acceptors (Lipinski definition) is 4. The molecule has 0 amide bonds. The van der Waals surface area contributed by atoms with E-state index >= 15 is 0 Å². The molecule has 0 spiro atoms. The van der Waals surface area contributed by atoms with Gasteiger partial charge in [-0.2, -0.15) is 0 Å². The molecule has 30 heavy (non-hydrogen) atoms. The summed E-state index contributed by atoms with van der Waals surface area (Å²) in [5, 5.41) is 10.6. The van der Waals surface area contributed by atoms with Crippen LogP contribution < -0.4 is 10.3 Å². The second-order valence-corrected chi connectivity index (χ2v) is 7.07. The average Bonchev–Trinajstić information content (AvgIpc) is 2.76. The molecule has 6 nitrogen and oxygen atoms in total. The summed E-state index contributed by atoms with van der Waals surface area (Å²) in [5.41, 5.74) is 1.77. The summed E-state index contributed by atoms with van der Waals surface area (Å²) in [6, 6.07) is 17.2. The number of fused-ring (bicyclic) bond motifs is 1. The van der Waals surface area contributed by atoms with Crippen LogP contribution >= 0.6 is 11.6 Å². The Balaban J connectivity index is 1.58. The summed E-state index contributed by atoms with van der Waals surface area (Å²) >= 11 is 6.15. The van der Waals surface area contributed by atoms with Gasteiger partial charge < -0.3 is 14.4 Å². The van der Waals surface area contributed by atoms with Crippen LogP contribution in [0, 0.1) is 0 Å². The number of halogens is 1. The van der Waals surface area contributed by atoms with Gasteiger partial charge in [-0.25, -0.2) is 4.79 Å². The summed E-state index contributed by atoms with van der Waals surface area (Å²) in [5.74, 6) is -0.459. The highest BCUT2D eigenvalue weighted by Crippen LogP contribution is 2.33. The van der Waals surface area contributed by atoms with Crippen molar-refractivity contribution in [3.63, 3.8) is 0 Å². The molecule has 0 bridgehead atoms. The molecule has 0 fully saturated rings. The predicted molar refractivity (Wildman–Crippen MR) is 115 cm³/mol. The monoisotopic (exact) mass is 420 g/mol. The fraction of sp³-hybridized carbons (Fsp3) is 0.0870. The van der Waals surface area contributed by atoms with Gasteiger partial charge in [0.2, 0.25) is 0 Å². The Morgan fingerprint density at radius 3 is 2.80 bits per heavy atom. The number of nitrogens with zero attached hydrogens (tertiary/aromatic N) is 2. The van der Waals surface area contributed by atoms with Gasteiger partial charge in [-0.15, -0.1) is 0 Å². The van der Waals surface area contributed by atoms with Crippen molar-refractivity contribution in [3.05, 3.63) is 94.0 Å². The van der Waals surface area contributed by atoms with E-state index in [2.05, 4.69) is 4.98 Å².